The van der Waals surface area contributed by atoms with Crippen LogP contribution in [-0.4, -0.2) is 32.2 Å². The largest absolute Gasteiger partial charge is 0.292 e. The van der Waals surface area contributed by atoms with E-state index < -0.39 is 0 Å². The number of rotatable bonds is 5. The summed E-state index contributed by atoms with van der Waals surface area (Å²) in [6, 6.07) is 18.5. The Kier molecular flexibility index (Phi) is 4.48. The summed E-state index contributed by atoms with van der Waals surface area (Å²) in [5.41, 5.74) is 3.60. The molecular formula is C18H21N5. The van der Waals surface area contributed by atoms with Crippen molar-refractivity contribution < 1.29 is 0 Å². The molecule has 1 aromatic heterocycles. The normalized spacial score (nSPS) is 12.5. The van der Waals surface area contributed by atoms with Crippen molar-refractivity contribution in [3.05, 3.63) is 71.5 Å². The second kappa shape index (κ2) is 6.71. The highest BCUT2D eigenvalue weighted by Gasteiger charge is 2.20. The van der Waals surface area contributed by atoms with Gasteiger partial charge in [-0.15, -0.1) is 5.10 Å². The Morgan fingerprint density at radius 1 is 1.04 bits per heavy atom. The fraction of sp³-hybridized carbons (Fsp3) is 0.278. The van der Waals surface area contributed by atoms with Crippen LogP contribution in [0.5, 0.6) is 0 Å². The Morgan fingerprint density at radius 3 is 2.48 bits per heavy atom. The van der Waals surface area contributed by atoms with Gasteiger partial charge in [-0.05, 0) is 54.6 Å². The van der Waals surface area contributed by atoms with Crippen LogP contribution in [0.4, 0.5) is 0 Å². The summed E-state index contributed by atoms with van der Waals surface area (Å²) in [6.07, 6.45) is 0. The first kappa shape index (κ1) is 15.4. The molecule has 0 bridgehead atoms. The number of hydrogen-bond donors (Lipinski definition) is 0. The molecule has 0 aliphatic rings. The predicted octanol–water partition coefficient (Wildman–Crippen LogP) is 3.16. The second-order valence-electron chi connectivity index (χ2n) is 5.80. The highest BCUT2D eigenvalue weighted by Crippen LogP contribution is 2.21. The Morgan fingerprint density at radius 2 is 1.74 bits per heavy atom. The number of para-hydroxylation sites is 1. The van der Waals surface area contributed by atoms with Gasteiger partial charge in [0.15, 0.2) is 5.82 Å². The molecule has 3 aromatic rings. The van der Waals surface area contributed by atoms with Crippen LogP contribution in [0, 0.1) is 6.92 Å². The fourth-order valence-electron chi connectivity index (χ4n) is 2.60. The van der Waals surface area contributed by atoms with E-state index in [4.69, 9.17) is 0 Å². The van der Waals surface area contributed by atoms with E-state index in [1.165, 1.54) is 11.1 Å². The third-order valence-corrected chi connectivity index (χ3v) is 4.21. The van der Waals surface area contributed by atoms with Crippen molar-refractivity contribution in [2.45, 2.75) is 26.4 Å². The minimum absolute atomic E-state index is 0.102. The van der Waals surface area contributed by atoms with Gasteiger partial charge in [0.2, 0.25) is 0 Å². The lowest BCUT2D eigenvalue weighted by Crippen LogP contribution is -2.25. The molecule has 0 spiro atoms. The molecule has 3 rings (SSSR count). The van der Waals surface area contributed by atoms with E-state index in [1.807, 2.05) is 30.3 Å². The van der Waals surface area contributed by atoms with Gasteiger partial charge in [-0.2, -0.15) is 4.68 Å². The molecule has 0 amide bonds. The quantitative estimate of drug-likeness (QED) is 0.726. The van der Waals surface area contributed by atoms with E-state index in [0.717, 1.165) is 18.1 Å². The molecule has 0 aliphatic heterocycles. The lowest BCUT2D eigenvalue weighted by atomic mass is 10.1. The van der Waals surface area contributed by atoms with E-state index in [9.17, 15) is 0 Å². The standard InChI is InChI=1S/C18H21N5/c1-14-9-7-8-10-16(14)13-22(3)15(2)18-19-20-21-23(18)17-11-5-4-6-12-17/h4-12,15H,13H2,1-3H3. The van der Waals surface area contributed by atoms with Crippen molar-refractivity contribution >= 4 is 0 Å². The Hall–Kier alpha value is -2.53. The molecule has 0 N–H and O–H groups in total. The first-order chi connectivity index (χ1) is 11.2. The summed E-state index contributed by atoms with van der Waals surface area (Å²) in [7, 11) is 2.10. The number of nitrogens with zero attached hydrogens (tertiary/aromatic N) is 5. The summed E-state index contributed by atoms with van der Waals surface area (Å²) >= 11 is 0. The maximum atomic E-state index is 4.24. The molecule has 0 aliphatic carbocycles. The maximum Gasteiger partial charge on any atom is 0.173 e. The lowest BCUT2D eigenvalue weighted by Gasteiger charge is -2.24. The molecule has 5 heteroatoms. The number of benzene rings is 2. The predicted molar refractivity (Wildman–Crippen MR) is 90.2 cm³/mol. The van der Waals surface area contributed by atoms with Gasteiger partial charge in [-0.1, -0.05) is 42.5 Å². The van der Waals surface area contributed by atoms with Gasteiger partial charge in [0.05, 0.1) is 11.7 Å². The van der Waals surface area contributed by atoms with Gasteiger partial charge < -0.3 is 0 Å². The van der Waals surface area contributed by atoms with E-state index in [0.29, 0.717) is 0 Å². The fourth-order valence-corrected chi connectivity index (χ4v) is 2.60. The van der Waals surface area contributed by atoms with Crippen LogP contribution in [0.25, 0.3) is 5.69 Å². The molecule has 2 aromatic carbocycles. The van der Waals surface area contributed by atoms with Crippen LogP contribution in [0.15, 0.2) is 54.6 Å². The highest BCUT2D eigenvalue weighted by atomic mass is 15.6. The minimum atomic E-state index is 0.102. The molecule has 0 radical (unpaired) electrons. The monoisotopic (exact) mass is 307 g/mol. The van der Waals surface area contributed by atoms with Crippen molar-refractivity contribution in [1.29, 1.82) is 0 Å². The second-order valence-corrected chi connectivity index (χ2v) is 5.80. The third-order valence-electron chi connectivity index (χ3n) is 4.21. The zero-order valence-corrected chi connectivity index (χ0v) is 13.7. The zero-order chi connectivity index (χ0) is 16.2. The van der Waals surface area contributed by atoms with Crippen LogP contribution in [0.2, 0.25) is 0 Å². The Bertz CT molecular complexity index is 766. The van der Waals surface area contributed by atoms with Crippen molar-refractivity contribution in [3.63, 3.8) is 0 Å². The first-order valence-electron chi connectivity index (χ1n) is 7.75. The molecule has 118 valence electrons. The van der Waals surface area contributed by atoms with Crippen LogP contribution < -0.4 is 0 Å². The maximum absolute atomic E-state index is 4.24. The van der Waals surface area contributed by atoms with Crippen LogP contribution in [0.3, 0.4) is 0 Å². The average Bonchev–Trinajstić information content (AvgIpc) is 3.06. The van der Waals surface area contributed by atoms with Crippen molar-refractivity contribution in [1.82, 2.24) is 25.1 Å². The summed E-state index contributed by atoms with van der Waals surface area (Å²) in [5, 5.41) is 12.2. The van der Waals surface area contributed by atoms with E-state index >= 15 is 0 Å². The molecule has 0 saturated carbocycles. The molecule has 5 nitrogen and oxygen atoms in total. The van der Waals surface area contributed by atoms with Crippen LogP contribution in [-0.2, 0) is 6.54 Å². The van der Waals surface area contributed by atoms with Crippen LogP contribution in [0.1, 0.15) is 29.9 Å². The average molecular weight is 307 g/mol. The van der Waals surface area contributed by atoms with Gasteiger partial charge in [0.25, 0.3) is 0 Å². The zero-order valence-electron chi connectivity index (χ0n) is 13.7. The summed E-state index contributed by atoms with van der Waals surface area (Å²) < 4.78 is 1.80. The SMILES string of the molecule is Cc1ccccc1CN(C)C(C)c1nnnn1-c1ccccc1. The smallest absolute Gasteiger partial charge is 0.173 e. The minimum Gasteiger partial charge on any atom is -0.292 e. The number of tetrazole rings is 1. The van der Waals surface area contributed by atoms with Crippen molar-refractivity contribution in [3.8, 4) is 5.69 Å². The number of aromatic nitrogens is 4. The molecule has 1 atom stereocenters. The van der Waals surface area contributed by atoms with Gasteiger partial charge in [-0.25, -0.2) is 0 Å². The molecule has 23 heavy (non-hydrogen) atoms. The van der Waals surface area contributed by atoms with E-state index in [1.54, 1.807) is 4.68 Å². The van der Waals surface area contributed by atoms with Crippen molar-refractivity contribution in [2.24, 2.45) is 0 Å². The Labute approximate surface area is 136 Å². The van der Waals surface area contributed by atoms with Gasteiger partial charge in [0, 0.05) is 6.54 Å². The topological polar surface area (TPSA) is 46.8 Å². The van der Waals surface area contributed by atoms with Crippen LogP contribution >= 0.6 is 0 Å². The third kappa shape index (κ3) is 3.29. The molecule has 1 heterocycles. The van der Waals surface area contributed by atoms with E-state index in [-0.39, 0.29) is 6.04 Å². The van der Waals surface area contributed by atoms with Gasteiger partial charge >= 0.3 is 0 Å². The van der Waals surface area contributed by atoms with E-state index in [2.05, 4.69) is 65.6 Å². The first-order valence-corrected chi connectivity index (χ1v) is 7.75. The Balaban J connectivity index is 1.82. The highest BCUT2D eigenvalue weighted by molar-refractivity contribution is 5.31. The number of aryl methyl sites for hydroxylation is 1. The lowest BCUT2D eigenvalue weighted by molar-refractivity contribution is 0.240. The molecular weight excluding hydrogens is 286 g/mol. The van der Waals surface area contributed by atoms with Gasteiger partial charge in [-0.3, -0.25) is 4.90 Å². The van der Waals surface area contributed by atoms with Crippen molar-refractivity contribution in [2.75, 3.05) is 7.05 Å². The molecule has 0 saturated heterocycles. The molecule has 1 unspecified atom stereocenters. The summed E-state index contributed by atoms with van der Waals surface area (Å²) in [5.74, 6) is 0.840. The number of hydrogen-bond acceptors (Lipinski definition) is 4. The molecule has 0 fully saturated rings. The van der Waals surface area contributed by atoms with Gasteiger partial charge in [0.1, 0.15) is 0 Å². The summed E-state index contributed by atoms with van der Waals surface area (Å²) in [6.45, 7) is 5.13. The summed E-state index contributed by atoms with van der Waals surface area (Å²) in [4.78, 5) is 2.26.